The van der Waals surface area contributed by atoms with Crippen molar-refractivity contribution in [2.75, 3.05) is 0 Å². The number of benzene rings is 1. The van der Waals surface area contributed by atoms with Crippen LogP contribution >= 0.6 is 0 Å². The Morgan fingerprint density at radius 1 is 1.19 bits per heavy atom. The highest BCUT2D eigenvalue weighted by atomic mass is 16.4. The SMILES string of the molecule is C.C=C/C=C(\C)c1nc2ccccc2c(=O)o1.CC.CC. The Hall–Kier alpha value is -2.16. The van der Waals surface area contributed by atoms with Crippen LogP contribution in [0.1, 0.15) is 47.9 Å². The van der Waals surface area contributed by atoms with Gasteiger partial charge in [0, 0.05) is 5.57 Å². The lowest BCUT2D eigenvalue weighted by molar-refractivity contribution is 0.486. The van der Waals surface area contributed by atoms with E-state index in [-0.39, 0.29) is 13.1 Å². The summed E-state index contributed by atoms with van der Waals surface area (Å²) in [6, 6.07) is 7.11. The molecule has 1 aromatic carbocycles. The number of hydrogen-bond donors (Lipinski definition) is 0. The van der Waals surface area contributed by atoms with Gasteiger partial charge in [0.1, 0.15) is 0 Å². The van der Waals surface area contributed by atoms with Crippen molar-refractivity contribution in [3.63, 3.8) is 0 Å². The zero-order valence-corrected chi connectivity index (χ0v) is 12.9. The second-order valence-corrected chi connectivity index (χ2v) is 3.41. The quantitative estimate of drug-likeness (QED) is 0.689. The summed E-state index contributed by atoms with van der Waals surface area (Å²) in [5.74, 6) is 0.337. The largest absolute Gasteiger partial charge is 0.403 e. The third-order valence-corrected chi connectivity index (χ3v) is 2.24. The molecule has 0 bridgehead atoms. The van der Waals surface area contributed by atoms with Gasteiger partial charge >= 0.3 is 5.63 Å². The Labute approximate surface area is 128 Å². The fourth-order valence-electron chi connectivity index (χ4n) is 1.44. The molecule has 0 fully saturated rings. The fraction of sp³-hybridized carbons (Fsp3) is 0.333. The van der Waals surface area contributed by atoms with Crippen LogP contribution in [0.4, 0.5) is 0 Å². The van der Waals surface area contributed by atoms with Crippen LogP contribution in [0, 0.1) is 0 Å². The predicted molar refractivity (Wildman–Crippen MR) is 93.6 cm³/mol. The molecule has 0 N–H and O–H groups in total. The standard InChI is InChI=1S/C13H11NO2.2C2H6.CH4/c1-3-6-9(2)12-14-11-8-5-4-7-10(11)13(15)16-12;2*1-2;/h3-8H,1H2,2H3;2*1-2H3;1H4/b9-6+;;;. The van der Waals surface area contributed by atoms with Crippen LogP contribution < -0.4 is 5.63 Å². The maximum Gasteiger partial charge on any atom is 0.347 e. The number of hydrogen-bond acceptors (Lipinski definition) is 3. The summed E-state index contributed by atoms with van der Waals surface area (Å²) in [4.78, 5) is 15.9. The summed E-state index contributed by atoms with van der Waals surface area (Å²) < 4.78 is 5.12. The number of para-hydroxylation sites is 1. The highest BCUT2D eigenvalue weighted by molar-refractivity contribution is 5.78. The second-order valence-electron chi connectivity index (χ2n) is 3.41. The van der Waals surface area contributed by atoms with Gasteiger partial charge in [0.25, 0.3) is 0 Å². The van der Waals surface area contributed by atoms with Crippen LogP contribution in [-0.2, 0) is 0 Å². The summed E-state index contributed by atoms with van der Waals surface area (Å²) in [5, 5.41) is 0.498. The molecule has 0 amide bonds. The number of nitrogens with zero attached hydrogens (tertiary/aromatic N) is 1. The summed E-state index contributed by atoms with van der Waals surface area (Å²) in [6.07, 6.45) is 3.38. The monoisotopic (exact) mass is 289 g/mol. The lowest BCUT2D eigenvalue weighted by Gasteiger charge is -2.00. The van der Waals surface area contributed by atoms with E-state index in [0.717, 1.165) is 5.57 Å². The number of fused-ring (bicyclic) bond motifs is 1. The average molecular weight is 289 g/mol. The summed E-state index contributed by atoms with van der Waals surface area (Å²) in [6.45, 7) is 13.4. The van der Waals surface area contributed by atoms with Gasteiger partial charge in [0.05, 0.1) is 10.9 Å². The van der Waals surface area contributed by atoms with Crippen molar-refractivity contribution in [2.45, 2.75) is 42.0 Å². The number of rotatable bonds is 2. The third kappa shape index (κ3) is 5.78. The normalized spacial score (nSPS) is 9.48. The number of allylic oxidation sites excluding steroid dienone is 3. The maximum absolute atomic E-state index is 11.6. The van der Waals surface area contributed by atoms with Crippen LogP contribution in [0.2, 0.25) is 0 Å². The Kier molecular flexibility index (Phi) is 11.7. The third-order valence-electron chi connectivity index (χ3n) is 2.24. The molecule has 0 aliphatic heterocycles. The minimum Gasteiger partial charge on any atom is -0.403 e. The minimum absolute atomic E-state index is 0. The molecule has 0 saturated heterocycles. The molecular formula is C18H27NO2. The average Bonchev–Trinajstić information content (AvgIpc) is 2.51. The van der Waals surface area contributed by atoms with Gasteiger partial charge in [-0.25, -0.2) is 9.78 Å². The molecule has 3 nitrogen and oxygen atoms in total. The van der Waals surface area contributed by atoms with E-state index in [9.17, 15) is 4.79 Å². The molecule has 0 radical (unpaired) electrons. The van der Waals surface area contributed by atoms with Crippen LogP contribution in [0.3, 0.4) is 0 Å². The van der Waals surface area contributed by atoms with Gasteiger partial charge in [-0.15, -0.1) is 0 Å². The molecule has 1 aromatic heterocycles. The van der Waals surface area contributed by atoms with Crippen molar-refractivity contribution < 1.29 is 4.42 Å². The molecule has 0 spiro atoms. The first kappa shape index (κ1) is 21.1. The van der Waals surface area contributed by atoms with Gasteiger partial charge in [-0.05, 0) is 19.1 Å². The lowest BCUT2D eigenvalue weighted by atomic mass is 10.2. The van der Waals surface area contributed by atoms with Gasteiger partial charge in [-0.1, -0.05) is 66.0 Å². The fourth-order valence-corrected chi connectivity index (χ4v) is 1.44. The van der Waals surface area contributed by atoms with E-state index in [4.69, 9.17) is 4.42 Å². The zero-order valence-electron chi connectivity index (χ0n) is 12.9. The van der Waals surface area contributed by atoms with Crippen LogP contribution in [-0.4, -0.2) is 4.98 Å². The molecule has 2 rings (SSSR count). The highest BCUT2D eigenvalue weighted by Gasteiger charge is 2.06. The van der Waals surface area contributed by atoms with Crippen molar-refractivity contribution in [3.05, 3.63) is 59.3 Å². The lowest BCUT2D eigenvalue weighted by Crippen LogP contribution is -2.03. The van der Waals surface area contributed by atoms with Gasteiger partial charge in [-0.3, -0.25) is 0 Å². The van der Waals surface area contributed by atoms with Gasteiger partial charge in [0.15, 0.2) is 0 Å². The van der Waals surface area contributed by atoms with Gasteiger partial charge < -0.3 is 4.42 Å². The Morgan fingerprint density at radius 2 is 1.76 bits per heavy atom. The van der Waals surface area contributed by atoms with Crippen LogP contribution in [0.25, 0.3) is 16.5 Å². The molecule has 0 aliphatic rings. The van der Waals surface area contributed by atoms with Crippen molar-refractivity contribution in [2.24, 2.45) is 0 Å². The van der Waals surface area contributed by atoms with E-state index >= 15 is 0 Å². The predicted octanol–water partition coefficient (Wildman–Crippen LogP) is 5.47. The molecule has 21 heavy (non-hydrogen) atoms. The molecule has 0 saturated carbocycles. The molecule has 0 unspecified atom stereocenters. The summed E-state index contributed by atoms with van der Waals surface area (Å²) in [7, 11) is 0. The van der Waals surface area contributed by atoms with E-state index in [2.05, 4.69) is 11.6 Å². The first-order chi connectivity index (χ1) is 9.72. The van der Waals surface area contributed by atoms with E-state index in [0.29, 0.717) is 16.8 Å². The Balaban J connectivity index is 0. The molecule has 2 aromatic rings. The molecule has 3 heteroatoms. The van der Waals surface area contributed by atoms with Gasteiger partial charge in [-0.2, -0.15) is 0 Å². The number of aromatic nitrogens is 1. The smallest absolute Gasteiger partial charge is 0.347 e. The molecule has 116 valence electrons. The van der Waals surface area contributed by atoms with E-state index < -0.39 is 0 Å². The van der Waals surface area contributed by atoms with E-state index in [1.807, 2.05) is 40.7 Å². The zero-order chi connectivity index (χ0) is 15.5. The minimum atomic E-state index is -0.364. The second kappa shape index (κ2) is 11.6. The Morgan fingerprint density at radius 3 is 2.33 bits per heavy atom. The first-order valence-corrected chi connectivity index (χ1v) is 6.92. The van der Waals surface area contributed by atoms with Crippen molar-refractivity contribution in [3.8, 4) is 0 Å². The highest BCUT2D eigenvalue weighted by Crippen LogP contribution is 2.13. The van der Waals surface area contributed by atoms with Crippen LogP contribution in [0.5, 0.6) is 0 Å². The Bertz CT molecular complexity index is 624. The first-order valence-electron chi connectivity index (χ1n) is 6.92. The molecular weight excluding hydrogens is 262 g/mol. The van der Waals surface area contributed by atoms with Crippen molar-refractivity contribution in [1.82, 2.24) is 4.98 Å². The summed E-state index contributed by atoms with van der Waals surface area (Å²) >= 11 is 0. The molecule has 1 heterocycles. The maximum atomic E-state index is 11.6. The summed E-state index contributed by atoms with van der Waals surface area (Å²) in [5.41, 5.74) is 1.06. The van der Waals surface area contributed by atoms with Crippen molar-refractivity contribution in [1.29, 1.82) is 0 Å². The van der Waals surface area contributed by atoms with E-state index in [1.165, 1.54) is 0 Å². The topological polar surface area (TPSA) is 43.1 Å². The van der Waals surface area contributed by atoms with Crippen LogP contribution in [0.15, 0.2) is 52.2 Å². The molecule has 0 atom stereocenters. The van der Waals surface area contributed by atoms with Gasteiger partial charge in [0.2, 0.25) is 5.89 Å². The van der Waals surface area contributed by atoms with Crippen molar-refractivity contribution >= 4 is 16.5 Å². The molecule has 0 aliphatic carbocycles. The van der Waals surface area contributed by atoms with E-state index in [1.54, 1.807) is 30.4 Å².